The Morgan fingerprint density at radius 3 is 1.94 bits per heavy atom. The molecule has 3 heteroatoms. The van der Waals surface area contributed by atoms with Crippen molar-refractivity contribution in [1.82, 2.24) is 0 Å². The van der Waals surface area contributed by atoms with E-state index >= 15 is 0 Å². The number of allylic oxidation sites excluding steroid dienone is 1. The predicted octanol–water partition coefficient (Wildman–Crippen LogP) is 2.60. The quantitative estimate of drug-likeness (QED) is 0.397. The van der Waals surface area contributed by atoms with Crippen LogP contribution in [-0.2, 0) is 14.3 Å². The average Bonchev–Trinajstić information content (AvgIpc) is 2.15. The molecule has 16 heavy (non-hydrogen) atoms. The molecule has 0 radical (unpaired) electrons. The monoisotopic (exact) mass is 226 g/mol. The highest BCUT2D eigenvalue weighted by Gasteiger charge is 2.30. The molecule has 0 unspecified atom stereocenters. The van der Waals surface area contributed by atoms with Gasteiger partial charge in [0, 0.05) is 5.92 Å². The summed E-state index contributed by atoms with van der Waals surface area (Å²) in [6.07, 6.45) is 1.47. The number of ether oxygens (including phenoxy) is 1. The van der Waals surface area contributed by atoms with Gasteiger partial charge in [-0.1, -0.05) is 26.8 Å². The average molecular weight is 226 g/mol. The van der Waals surface area contributed by atoms with Crippen molar-refractivity contribution in [1.29, 1.82) is 0 Å². The van der Waals surface area contributed by atoms with Crippen LogP contribution in [0.2, 0.25) is 0 Å². The molecule has 0 aromatic carbocycles. The number of Topliss-reactive ketones (excluding diaryl/α,β-unsaturated/α-hetero) is 1. The Hall–Kier alpha value is -1.12. The van der Waals surface area contributed by atoms with Crippen LogP contribution in [0.4, 0.5) is 0 Å². The number of ketones is 1. The van der Waals surface area contributed by atoms with Gasteiger partial charge >= 0.3 is 5.97 Å². The zero-order valence-corrected chi connectivity index (χ0v) is 10.8. The zero-order chi connectivity index (χ0) is 12.9. The summed E-state index contributed by atoms with van der Waals surface area (Å²) in [5.74, 6) is -1.29. The Kier molecular flexibility index (Phi) is 6.01. The third-order valence-electron chi connectivity index (χ3n) is 2.58. The van der Waals surface area contributed by atoms with Gasteiger partial charge < -0.3 is 4.74 Å². The zero-order valence-electron chi connectivity index (χ0n) is 10.8. The van der Waals surface area contributed by atoms with Crippen molar-refractivity contribution in [3.8, 4) is 0 Å². The van der Waals surface area contributed by atoms with Crippen LogP contribution < -0.4 is 0 Å². The Morgan fingerprint density at radius 1 is 1.12 bits per heavy atom. The van der Waals surface area contributed by atoms with Crippen LogP contribution in [0.5, 0.6) is 0 Å². The molecule has 0 aliphatic rings. The van der Waals surface area contributed by atoms with Crippen molar-refractivity contribution >= 4 is 11.8 Å². The van der Waals surface area contributed by atoms with Crippen molar-refractivity contribution in [3.05, 3.63) is 12.7 Å². The Morgan fingerprint density at radius 2 is 1.62 bits per heavy atom. The van der Waals surface area contributed by atoms with E-state index in [1.807, 2.05) is 13.8 Å². The molecule has 0 rings (SSSR count). The van der Waals surface area contributed by atoms with E-state index in [1.54, 1.807) is 26.8 Å². The van der Waals surface area contributed by atoms with Gasteiger partial charge in [0.05, 0.1) is 6.10 Å². The first-order valence-corrected chi connectivity index (χ1v) is 5.68. The molecule has 0 N–H and O–H groups in total. The van der Waals surface area contributed by atoms with Gasteiger partial charge in [-0.25, -0.2) is 4.79 Å². The summed E-state index contributed by atoms with van der Waals surface area (Å²) in [4.78, 5) is 23.2. The highest BCUT2D eigenvalue weighted by Crippen LogP contribution is 2.23. The van der Waals surface area contributed by atoms with Crippen molar-refractivity contribution in [2.24, 2.45) is 17.8 Å². The van der Waals surface area contributed by atoms with E-state index in [0.717, 1.165) is 0 Å². The Labute approximate surface area is 97.9 Å². The van der Waals surface area contributed by atoms with Gasteiger partial charge in [0.1, 0.15) is 0 Å². The minimum Gasteiger partial charge on any atom is -0.457 e. The van der Waals surface area contributed by atoms with Crippen molar-refractivity contribution in [2.45, 2.75) is 40.7 Å². The fourth-order valence-electron chi connectivity index (χ4n) is 1.69. The minimum absolute atomic E-state index is 0.00668. The molecule has 0 aliphatic carbocycles. The van der Waals surface area contributed by atoms with E-state index in [-0.39, 0.29) is 23.9 Å². The number of hydrogen-bond donors (Lipinski definition) is 0. The Balaban J connectivity index is 4.59. The highest BCUT2D eigenvalue weighted by molar-refractivity contribution is 6.34. The molecule has 0 saturated carbocycles. The number of hydrogen-bond acceptors (Lipinski definition) is 3. The molecular formula is C13H22O3. The second-order valence-electron chi connectivity index (χ2n) is 4.66. The van der Waals surface area contributed by atoms with Gasteiger partial charge in [-0.05, 0) is 25.7 Å². The molecule has 0 aromatic rings. The number of carbonyl (C=O) groups excluding carboxylic acids is 2. The summed E-state index contributed by atoms with van der Waals surface area (Å²) in [5, 5.41) is 0. The van der Waals surface area contributed by atoms with Gasteiger partial charge in [0.25, 0.3) is 0 Å². The van der Waals surface area contributed by atoms with Crippen LogP contribution in [0.1, 0.15) is 34.6 Å². The lowest BCUT2D eigenvalue weighted by atomic mass is 9.82. The van der Waals surface area contributed by atoms with Gasteiger partial charge in [0.2, 0.25) is 5.78 Å². The normalized spacial score (nSPS) is 14.7. The number of carbonyl (C=O) groups is 2. The third-order valence-corrected chi connectivity index (χ3v) is 2.58. The second-order valence-corrected chi connectivity index (χ2v) is 4.66. The summed E-state index contributed by atoms with van der Waals surface area (Å²) in [7, 11) is 0. The van der Waals surface area contributed by atoms with E-state index in [0.29, 0.717) is 0 Å². The molecule has 92 valence electrons. The molecule has 0 spiro atoms. The number of esters is 1. The molecule has 0 aliphatic heterocycles. The first-order chi connectivity index (χ1) is 7.31. The van der Waals surface area contributed by atoms with Crippen LogP contribution in [0.3, 0.4) is 0 Å². The largest absolute Gasteiger partial charge is 0.457 e. The smallest absolute Gasteiger partial charge is 0.375 e. The van der Waals surface area contributed by atoms with E-state index in [1.165, 1.54) is 0 Å². The van der Waals surface area contributed by atoms with Crippen molar-refractivity contribution < 1.29 is 14.3 Å². The van der Waals surface area contributed by atoms with E-state index in [9.17, 15) is 9.59 Å². The first kappa shape index (κ1) is 14.9. The van der Waals surface area contributed by atoms with Crippen molar-refractivity contribution in [2.75, 3.05) is 0 Å². The van der Waals surface area contributed by atoms with Gasteiger partial charge in [-0.15, -0.1) is 6.58 Å². The molecule has 0 heterocycles. The number of rotatable bonds is 6. The van der Waals surface area contributed by atoms with Crippen LogP contribution in [0, 0.1) is 17.8 Å². The molecule has 3 nitrogen and oxygen atoms in total. The van der Waals surface area contributed by atoms with Gasteiger partial charge in [-0.3, -0.25) is 4.79 Å². The molecule has 0 bridgehead atoms. The maximum absolute atomic E-state index is 11.8. The van der Waals surface area contributed by atoms with Gasteiger partial charge in [-0.2, -0.15) is 0 Å². The SMILES string of the molecule is C=C[C@@H](C(C)C)[C@H](C)C(=O)C(=O)OC(C)C. The van der Waals surface area contributed by atoms with Crippen LogP contribution >= 0.6 is 0 Å². The summed E-state index contributed by atoms with van der Waals surface area (Å²) >= 11 is 0. The lowest BCUT2D eigenvalue weighted by molar-refractivity contribution is -0.158. The lowest BCUT2D eigenvalue weighted by Gasteiger charge is -2.22. The standard InChI is InChI=1S/C13H22O3/c1-7-11(8(2)3)10(6)12(14)13(15)16-9(4)5/h7-11H,1H2,2-6H3/t10-,11-/m0/s1. The molecule has 0 amide bonds. The predicted molar refractivity (Wildman–Crippen MR) is 63.9 cm³/mol. The fraction of sp³-hybridized carbons (Fsp3) is 0.692. The van der Waals surface area contributed by atoms with Gasteiger partial charge in [0.15, 0.2) is 0 Å². The molecule has 0 aromatic heterocycles. The highest BCUT2D eigenvalue weighted by atomic mass is 16.5. The van der Waals surface area contributed by atoms with E-state index in [4.69, 9.17) is 4.74 Å². The summed E-state index contributed by atoms with van der Waals surface area (Å²) in [5.41, 5.74) is 0. The summed E-state index contributed by atoms with van der Waals surface area (Å²) in [6.45, 7) is 12.9. The topological polar surface area (TPSA) is 43.4 Å². The maximum Gasteiger partial charge on any atom is 0.375 e. The third kappa shape index (κ3) is 4.17. The molecule has 2 atom stereocenters. The van der Waals surface area contributed by atoms with E-state index < -0.39 is 11.8 Å². The fourth-order valence-corrected chi connectivity index (χ4v) is 1.69. The van der Waals surface area contributed by atoms with E-state index in [2.05, 4.69) is 6.58 Å². The molecule has 0 saturated heterocycles. The molecular weight excluding hydrogens is 204 g/mol. The first-order valence-electron chi connectivity index (χ1n) is 5.68. The minimum atomic E-state index is -0.741. The lowest BCUT2D eigenvalue weighted by Crippen LogP contribution is -2.32. The summed E-state index contributed by atoms with van der Waals surface area (Å²) in [6, 6.07) is 0. The molecule has 0 fully saturated rings. The maximum atomic E-state index is 11.8. The van der Waals surface area contributed by atoms with Crippen molar-refractivity contribution in [3.63, 3.8) is 0 Å². The Bertz CT molecular complexity index is 266. The second kappa shape index (κ2) is 6.46. The summed E-state index contributed by atoms with van der Waals surface area (Å²) < 4.78 is 4.88. The van der Waals surface area contributed by atoms with Crippen LogP contribution in [-0.4, -0.2) is 17.9 Å². The van der Waals surface area contributed by atoms with Crippen LogP contribution in [0.25, 0.3) is 0 Å². The van der Waals surface area contributed by atoms with Crippen LogP contribution in [0.15, 0.2) is 12.7 Å².